The minimum absolute atomic E-state index is 0.326. The Balaban J connectivity index is 2.10. The summed E-state index contributed by atoms with van der Waals surface area (Å²) in [4.78, 5) is 0. The van der Waals surface area contributed by atoms with Crippen LogP contribution in [0.1, 0.15) is 43.7 Å². The molecule has 0 aromatic heterocycles. The maximum atomic E-state index is 9.85. The summed E-state index contributed by atoms with van der Waals surface area (Å²) < 4.78 is 0. The molecule has 0 radical (unpaired) electrons. The lowest BCUT2D eigenvalue weighted by atomic mass is 9.58. The molecule has 1 aromatic carbocycles. The van der Waals surface area contributed by atoms with E-state index in [0.29, 0.717) is 11.2 Å². The van der Waals surface area contributed by atoms with Crippen molar-refractivity contribution in [2.24, 2.45) is 5.92 Å². The Morgan fingerprint density at radius 2 is 2.33 bits per heavy atom. The van der Waals surface area contributed by atoms with Crippen molar-refractivity contribution in [1.82, 2.24) is 5.32 Å². The second-order valence-corrected chi connectivity index (χ2v) is 5.94. The fraction of sp³-hybridized carbons (Fsp3) is 0.625. The first kappa shape index (κ1) is 12.0. The van der Waals surface area contributed by atoms with E-state index in [1.54, 1.807) is 0 Å². The molecule has 0 bridgehead atoms. The zero-order valence-corrected chi connectivity index (χ0v) is 11.2. The SMILES string of the molecule is CCC[C@]12CCNC[C@H]1CCc1ccc(O)cc12. The van der Waals surface area contributed by atoms with Crippen LogP contribution in [0.4, 0.5) is 0 Å². The van der Waals surface area contributed by atoms with E-state index >= 15 is 0 Å². The number of rotatable bonds is 2. The van der Waals surface area contributed by atoms with Crippen molar-refractivity contribution in [3.05, 3.63) is 29.3 Å². The molecule has 2 heteroatoms. The van der Waals surface area contributed by atoms with Crippen LogP contribution in [0.25, 0.3) is 0 Å². The molecule has 1 saturated heterocycles. The number of fused-ring (bicyclic) bond motifs is 3. The Morgan fingerprint density at radius 3 is 3.17 bits per heavy atom. The molecule has 2 nitrogen and oxygen atoms in total. The summed E-state index contributed by atoms with van der Waals surface area (Å²) in [6.07, 6.45) is 6.18. The molecule has 1 aromatic rings. The fourth-order valence-corrected chi connectivity index (χ4v) is 4.21. The van der Waals surface area contributed by atoms with Crippen molar-refractivity contribution in [2.75, 3.05) is 13.1 Å². The van der Waals surface area contributed by atoms with Gasteiger partial charge in [-0.25, -0.2) is 0 Å². The van der Waals surface area contributed by atoms with Gasteiger partial charge in [-0.3, -0.25) is 0 Å². The van der Waals surface area contributed by atoms with E-state index in [1.165, 1.54) is 43.2 Å². The highest BCUT2D eigenvalue weighted by molar-refractivity contribution is 5.43. The molecule has 0 unspecified atom stereocenters. The molecule has 3 rings (SSSR count). The topological polar surface area (TPSA) is 32.3 Å². The molecular formula is C16H23NO. The van der Waals surface area contributed by atoms with Gasteiger partial charge in [0.25, 0.3) is 0 Å². The van der Waals surface area contributed by atoms with Gasteiger partial charge in [0.15, 0.2) is 0 Å². The summed E-state index contributed by atoms with van der Waals surface area (Å²) in [7, 11) is 0. The van der Waals surface area contributed by atoms with Crippen LogP contribution in [-0.2, 0) is 11.8 Å². The number of piperidine rings is 1. The summed E-state index contributed by atoms with van der Waals surface area (Å²) in [5.41, 5.74) is 3.24. The third kappa shape index (κ3) is 1.74. The van der Waals surface area contributed by atoms with Gasteiger partial charge in [-0.2, -0.15) is 0 Å². The third-order valence-electron chi connectivity index (χ3n) is 5.01. The van der Waals surface area contributed by atoms with Crippen molar-refractivity contribution >= 4 is 0 Å². The highest BCUT2D eigenvalue weighted by Crippen LogP contribution is 2.49. The Kier molecular flexibility index (Phi) is 3.06. The maximum absolute atomic E-state index is 9.85. The van der Waals surface area contributed by atoms with Crippen LogP contribution in [0.15, 0.2) is 18.2 Å². The maximum Gasteiger partial charge on any atom is 0.115 e. The first-order valence-corrected chi connectivity index (χ1v) is 7.29. The summed E-state index contributed by atoms with van der Waals surface area (Å²) >= 11 is 0. The van der Waals surface area contributed by atoms with Crippen molar-refractivity contribution in [3.8, 4) is 5.75 Å². The first-order chi connectivity index (χ1) is 8.76. The minimum Gasteiger partial charge on any atom is -0.508 e. The number of phenols is 1. The van der Waals surface area contributed by atoms with Crippen LogP contribution < -0.4 is 5.32 Å². The molecule has 2 aliphatic rings. The van der Waals surface area contributed by atoms with Crippen LogP contribution in [-0.4, -0.2) is 18.2 Å². The van der Waals surface area contributed by atoms with E-state index in [9.17, 15) is 5.11 Å². The van der Waals surface area contributed by atoms with E-state index in [1.807, 2.05) is 12.1 Å². The number of phenolic OH excluding ortho intramolecular Hbond substituents is 1. The van der Waals surface area contributed by atoms with Gasteiger partial charge in [-0.15, -0.1) is 0 Å². The number of hydrogen-bond acceptors (Lipinski definition) is 2. The predicted molar refractivity (Wildman–Crippen MR) is 74.0 cm³/mol. The number of hydrogen-bond donors (Lipinski definition) is 2. The van der Waals surface area contributed by atoms with Crippen LogP contribution in [0.5, 0.6) is 5.75 Å². The standard InChI is InChI=1S/C16H23NO/c1-2-7-16-8-9-17-11-13(16)5-3-12-4-6-14(18)10-15(12)16/h4,6,10,13,17-18H,2-3,5,7-9,11H2,1H3/t13-,16+/m1/s1. The fourth-order valence-electron chi connectivity index (χ4n) is 4.21. The van der Waals surface area contributed by atoms with Crippen molar-refractivity contribution in [1.29, 1.82) is 0 Å². The highest BCUT2D eigenvalue weighted by Gasteiger charge is 2.44. The molecule has 18 heavy (non-hydrogen) atoms. The quantitative estimate of drug-likeness (QED) is 0.839. The second-order valence-electron chi connectivity index (χ2n) is 5.94. The van der Waals surface area contributed by atoms with Crippen molar-refractivity contribution < 1.29 is 5.11 Å². The van der Waals surface area contributed by atoms with Crippen molar-refractivity contribution in [2.45, 2.75) is 44.4 Å². The molecule has 1 fully saturated rings. The number of aromatic hydroxyl groups is 1. The number of benzene rings is 1. The monoisotopic (exact) mass is 245 g/mol. The van der Waals surface area contributed by atoms with Crippen molar-refractivity contribution in [3.63, 3.8) is 0 Å². The first-order valence-electron chi connectivity index (χ1n) is 7.29. The zero-order valence-electron chi connectivity index (χ0n) is 11.2. The Labute approximate surface area is 109 Å². The van der Waals surface area contributed by atoms with E-state index in [-0.39, 0.29) is 0 Å². The molecule has 2 atom stereocenters. The normalized spacial score (nSPS) is 30.6. The Hall–Kier alpha value is -1.02. The van der Waals surface area contributed by atoms with Gasteiger partial charge in [0.2, 0.25) is 0 Å². The lowest BCUT2D eigenvalue weighted by Gasteiger charge is -2.49. The molecule has 0 saturated carbocycles. The lowest BCUT2D eigenvalue weighted by Crippen LogP contribution is -2.50. The average molecular weight is 245 g/mol. The average Bonchev–Trinajstić information content (AvgIpc) is 2.39. The highest BCUT2D eigenvalue weighted by atomic mass is 16.3. The van der Waals surface area contributed by atoms with Crippen LogP contribution in [0.2, 0.25) is 0 Å². The van der Waals surface area contributed by atoms with Gasteiger partial charge < -0.3 is 10.4 Å². The summed E-state index contributed by atoms with van der Waals surface area (Å²) in [5.74, 6) is 1.18. The van der Waals surface area contributed by atoms with Gasteiger partial charge in [0.1, 0.15) is 5.75 Å². The third-order valence-corrected chi connectivity index (χ3v) is 5.01. The molecular weight excluding hydrogens is 222 g/mol. The van der Waals surface area contributed by atoms with E-state index in [0.717, 1.165) is 19.0 Å². The summed E-state index contributed by atoms with van der Waals surface area (Å²) in [5, 5.41) is 13.4. The smallest absolute Gasteiger partial charge is 0.115 e. The lowest BCUT2D eigenvalue weighted by molar-refractivity contribution is 0.160. The van der Waals surface area contributed by atoms with Gasteiger partial charge in [-0.05, 0) is 68.0 Å². The molecule has 1 aliphatic heterocycles. The van der Waals surface area contributed by atoms with Gasteiger partial charge in [0, 0.05) is 5.41 Å². The molecule has 0 spiro atoms. The predicted octanol–water partition coefficient (Wildman–Crippen LogP) is 2.99. The molecule has 98 valence electrons. The zero-order chi connectivity index (χ0) is 12.6. The van der Waals surface area contributed by atoms with Gasteiger partial charge in [0.05, 0.1) is 0 Å². The van der Waals surface area contributed by atoms with Crippen LogP contribution in [0.3, 0.4) is 0 Å². The van der Waals surface area contributed by atoms with E-state index in [2.05, 4.69) is 18.3 Å². The molecule has 2 N–H and O–H groups in total. The van der Waals surface area contributed by atoms with E-state index in [4.69, 9.17) is 0 Å². The number of nitrogens with one attached hydrogen (secondary N) is 1. The number of aryl methyl sites for hydroxylation is 1. The van der Waals surface area contributed by atoms with Crippen LogP contribution >= 0.6 is 0 Å². The minimum atomic E-state index is 0.326. The summed E-state index contributed by atoms with van der Waals surface area (Å²) in [6.45, 7) is 4.55. The molecule has 0 amide bonds. The Bertz CT molecular complexity index is 439. The molecule has 1 aliphatic carbocycles. The molecule has 1 heterocycles. The van der Waals surface area contributed by atoms with E-state index < -0.39 is 0 Å². The van der Waals surface area contributed by atoms with Crippen LogP contribution in [0, 0.1) is 5.92 Å². The summed E-state index contributed by atoms with van der Waals surface area (Å²) in [6, 6.07) is 6.03. The van der Waals surface area contributed by atoms with Gasteiger partial charge in [-0.1, -0.05) is 19.4 Å². The Morgan fingerprint density at radius 1 is 1.44 bits per heavy atom. The van der Waals surface area contributed by atoms with Gasteiger partial charge >= 0.3 is 0 Å². The largest absolute Gasteiger partial charge is 0.508 e. The second kappa shape index (κ2) is 4.58.